The van der Waals surface area contributed by atoms with Gasteiger partial charge in [0, 0.05) is 18.6 Å². The van der Waals surface area contributed by atoms with Crippen molar-refractivity contribution in [2.75, 3.05) is 13.1 Å². The van der Waals surface area contributed by atoms with Crippen LogP contribution in [0, 0.1) is 0 Å². The van der Waals surface area contributed by atoms with E-state index in [1.165, 1.54) is 6.33 Å². The third-order valence-electron chi connectivity index (χ3n) is 3.96. The van der Waals surface area contributed by atoms with Crippen LogP contribution in [-0.4, -0.2) is 56.3 Å². The summed E-state index contributed by atoms with van der Waals surface area (Å²) in [6.45, 7) is 9.02. The Morgan fingerprint density at radius 1 is 1.26 bits per heavy atom. The van der Waals surface area contributed by atoms with Crippen LogP contribution in [0.15, 0.2) is 12.7 Å². The minimum atomic E-state index is -0.452. The molecule has 23 heavy (non-hydrogen) atoms. The lowest BCUT2D eigenvalue weighted by Gasteiger charge is -2.35. The summed E-state index contributed by atoms with van der Waals surface area (Å²) >= 11 is 0. The second-order valence-electron chi connectivity index (χ2n) is 7.01. The Kier molecular flexibility index (Phi) is 5.35. The Labute approximate surface area is 136 Å². The Morgan fingerprint density at radius 3 is 2.43 bits per heavy atom. The molecule has 3 amide bonds. The molecule has 1 aromatic heterocycles. The van der Waals surface area contributed by atoms with E-state index in [1.807, 2.05) is 32.4 Å². The average Bonchev–Trinajstić information content (AvgIpc) is 2.98. The zero-order chi connectivity index (χ0) is 17.0. The molecule has 1 saturated heterocycles. The summed E-state index contributed by atoms with van der Waals surface area (Å²) in [5.74, 6) is -0.272. The van der Waals surface area contributed by atoms with Gasteiger partial charge in [0.2, 0.25) is 5.91 Å². The second kappa shape index (κ2) is 7.08. The molecule has 0 radical (unpaired) electrons. The van der Waals surface area contributed by atoms with E-state index in [2.05, 4.69) is 25.6 Å². The number of hydrogen-bond donors (Lipinski definition) is 2. The van der Waals surface area contributed by atoms with Gasteiger partial charge >= 0.3 is 6.03 Å². The number of hydrogen-bond acceptors (Lipinski definition) is 5. The highest BCUT2D eigenvalue weighted by Crippen LogP contribution is 2.22. The van der Waals surface area contributed by atoms with E-state index >= 15 is 0 Å². The summed E-state index contributed by atoms with van der Waals surface area (Å²) in [6, 6.07) is -0.461. The second-order valence-corrected chi connectivity index (χ2v) is 7.01. The number of piperidine rings is 1. The third kappa shape index (κ3) is 5.02. The van der Waals surface area contributed by atoms with Crippen molar-refractivity contribution < 1.29 is 9.59 Å². The normalized spacial score (nSPS) is 18.4. The molecule has 1 atom stereocenters. The molecule has 0 aromatic carbocycles. The van der Waals surface area contributed by atoms with Crippen LogP contribution in [0.3, 0.4) is 0 Å². The molecule has 2 rings (SSSR count). The predicted molar refractivity (Wildman–Crippen MR) is 85.8 cm³/mol. The minimum absolute atomic E-state index is 0.272. The van der Waals surface area contributed by atoms with E-state index in [4.69, 9.17) is 0 Å². The molecule has 0 aliphatic carbocycles. The van der Waals surface area contributed by atoms with Gasteiger partial charge in [-0.15, -0.1) is 0 Å². The lowest BCUT2D eigenvalue weighted by molar-refractivity contribution is -0.125. The van der Waals surface area contributed by atoms with Crippen molar-refractivity contribution in [3.05, 3.63) is 12.7 Å². The molecule has 1 unspecified atom stereocenters. The van der Waals surface area contributed by atoms with Crippen LogP contribution in [0.4, 0.5) is 4.79 Å². The number of likely N-dealkylation sites (tertiary alicyclic amines) is 1. The lowest BCUT2D eigenvalue weighted by Crippen LogP contribution is -2.54. The Hall–Kier alpha value is -1.96. The molecular weight excluding hydrogens is 296 g/mol. The largest absolute Gasteiger partial charge is 0.333 e. The molecule has 1 aliphatic rings. The highest BCUT2D eigenvalue weighted by molar-refractivity contribution is 5.97. The fourth-order valence-corrected chi connectivity index (χ4v) is 2.70. The van der Waals surface area contributed by atoms with Gasteiger partial charge in [-0.05, 0) is 40.5 Å². The first-order valence-corrected chi connectivity index (χ1v) is 7.97. The molecule has 2 heterocycles. The number of nitrogens with one attached hydrogen (secondary N) is 2. The average molecular weight is 322 g/mol. The molecule has 0 spiro atoms. The number of aromatic nitrogens is 3. The molecule has 1 aromatic rings. The summed E-state index contributed by atoms with van der Waals surface area (Å²) in [6.07, 6.45) is 5.09. The maximum atomic E-state index is 12.2. The smallest absolute Gasteiger partial charge is 0.321 e. The van der Waals surface area contributed by atoms with Gasteiger partial charge in [-0.2, -0.15) is 5.10 Å². The topological polar surface area (TPSA) is 92.2 Å². The van der Waals surface area contributed by atoms with Crippen molar-refractivity contribution in [3.63, 3.8) is 0 Å². The van der Waals surface area contributed by atoms with E-state index in [-0.39, 0.29) is 17.5 Å². The quantitative estimate of drug-likeness (QED) is 0.863. The molecule has 8 nitrogen and oxygen atoms in total. The molecule has 1 fully saturated rings. The van der Waals surface area contributed by atoms with E-state index in [0.717, 1.165) is 25.9 Å². The maximum Gasteiger partial charge on any atom is 0.321 e. The van der Waals surface area contributed by atoms with E-state index in [1.54, 1.807) is 6.33 Å². The summed E-state index contributed by atoms with van der Waals surface area (Å²) in [7, 11) is 0. The number of amides is 3. The molecule has 8 heteroatoms. The summed E-state index contributed by atoms with van der Waals surface area (Å²) in [5.41, 5.74) is -0.371. The number of rotatable bonds is 3. The SMILES string of the molecule is CC(C(=O)NC(=O)NC(C)(C)C)N1CCC(n2cncn2)CC1. The van der Waals surface area contributed by atoms with E-state index < -0.39 is 6.03 Å². The lowest BCUT2D eigenvalue weighted by atomic mass is 10.0. The predicted octanol–water partition coefficient (Wildman–Crippen LogP) is 0.928. The molecule has 0 saturated carbocycles. The number of imide groups is 1. The van der Waals surface area contributed by atoms with Crippen LogP contribution < -0.4 is 10.6 Å². The van der Waals surface area contributed by atoms with Gasteiger partial charge in [0.05, 0.1) is 12.1 Å². The van der Waals surface area contributed by atoms with Gasteiger partial charge in [-0.25, -0.2) is 14.5 Å². The van der Waals surface area contributed by atoms with Gasteiger partial charge < -0.3 is 5.32 Å². The number of carbonyl (C=O) groups excluding carboxylic acids is 2. The van der Waals surface area contributed by atoms with Crippen molar-refractivity contribution in [3.8, 4) is 0 Å². The monoisotopic (exact) mass is 322 g/mol. The minimum Gasteiger partial charge on any atom is -0.333 e. The van der Waals surface area contributed by atoms with Gasteiger partial charge in [-0.3, -0.25) is 15.0 Å². The fourth-order valence-electron chi connectivity index (χ4n) is 2.70. The van der Waals surface area contributed by atoms with Crippen molar-refractivity contribution in [2.45, 2.75) is 58.2 Å². The number of nitrogens with zero attached hydrogens (tertiary/aromatic N) is 4. The first-order valence-electron chi connectivity index (χ1n) is 7.97. The Morgan fingerprint density at radius 2 is 1.91 bits per heavy atom. The highest BCUT2D eigenvalue weighted by Gasteiger charge is 2.28. The first-order chi connectivity index (χ1) is 10.8. The standard InChI is InChI=1S/C15H26N6O2/c1-11(13(22)18-14(23)19-15(2,3)4)20-7-5-12(6-8-20)21-10-16-9-17-21/h9-12H,5-8H2,1-4H3,(H2,18,19,22,23). The van der Waals surface area contributed by atoms with Crippen LogP contribution in [0.1, 0.15) is 46.6 Å². The van der Waals surface area contributed by atoms with Crippen LogP contribution in [0.25, 0.3) is 0 Å². The van der Waals surface area contributed by atoms with E-state index in [0.29, 0.717) is 6.04 Å². The zero-order valence-electron chi connectivity index (χ0n) is 14.2. The van der Waals surface area contributed by atoms with Crippen LogP contribution in [-0.2, 0) is 4.79 Å². The Balaban J connectivity index is 1.81. The maximum absolute atomic E-state index is 12.2. The highest BCUT2D eigenvalue weighted by atomic mass is 16.2. The number of urea groups is 1. The fraction of sp³-hybridized carbons (Fsp3) is 0.733. The Bertz CT molecular complexity index is 529. The van der Waals surface area contributed by atoms with Crippen molar-refractivity contribution in [1.82, 2.24) is 30.3 Å². The van der Waals surface area contributed by atoms with Crippen LogP contribution in [0.5, 0.6) is 0 Å². The molecular formula is C15H26N6O2. The van der Waals surface area contributed by atoms with Crippen molar-refractivity contribution in [1.29, 1.82) is 0 Å². The van der Waals surface area contributed by atoms with Gasteiger partial charge in [0.25, 0.3) is 0 Å². The molecule has 0 bridgehead atoms. The first kappa shape index (κ1) is 17.4. The summed E-state index contributed by atoms with van der Waals surface area (Å²) < 4.78 is 1.87. The summed E-state index contributed by atoms with van der Waals surface area (Å²) in [4.78, 5) is 30.1. The van der Waals surface area contributed by atoms with E-state index in [9.17, 15) is 9.59 Å². The van der Waals surface area contributed by atoms with Gasteiger partial charge in [0.15, 0.2) is 0 Å². The van der Waals surface area contributed by atoms with Crippen molar-refractivity contribution in [2.24, 2.45) is 0 Å². The summed E-state index contributed by atoms with van der Waals surface area (Å²) in [5, 5.41) is 9.31. The van der Waals surface area contributed by atoms with Gasteiger partial charge in [0.1, 0.15) is 12.7 Å². The van der Waals surface area contributed by atoms with Crippen LogP contribution in [0.2, 0.25) is 0 Å². The molecule has 1 aliphatic heterocycles. The molecule has 2 N–H and O–H groups in total. The number of carbonyl (C=O) groups is 2. The van der Waals surface area contributed by atoms with Gasteiger partial charge in [-0.1, -0.05) is 0 Å². The molecule has 128 valence electrons. The van der Waals surface area contributed by atoms with Crippen LogP contribution >= 0.6 is 0 Å². The van der Waals surface area contributed by atoms with Crippen molar-refractivity contribution >= 4 is 11.9 Å². The zero-order valence-corrected chi connectivity index (χ0v) is 14.2. The third-order valence-corrected chi connectivity index (χ3v) is 3.96.